The summed E-state index contributed by atoms with van der Waals surface area (Å²) in [6.45, 7) is 11.9. The number of hydrogen-bond acceptors (Lipinski definition) is 3. The number of rotatable bonds is 8. The normalized spacial score (nSPS) is 11.2. The van der Waals surface area contributed by atoms with E-state index in [4.69, 9.17) is 0 Å². The van der Waals surface area contributed by atoms with E-state index in [1.54, 1.807) is 0 Å². The Balaban J connectivity index is 2.39. The molecular weight excluding hydrogens is 222 g/mol. The number of likely N-dealkylation sites (N-methyl/N-ethyl adjacent to an activating group) is 1. The van der Waals surface area contributed by atoms with E-state index in [9.17, 15) is 0 Å². The molecule has 0 bridgehead atoms. The molecule has 1 rings (SSSR count). The molecule has 0 spiro atoms. The summed E-state index contributed by atoms with van der Waals surface area (Å²) in [5, 5.41) is 3.42. The minimum absolute atomic E-state index is 0.685. The number of nitrogens with zero attached hydrogens (tertiary/aromatic N) is 2. The van der Waals surface area contributed by atoms with Crippen molar-refractivity contribution in [3.63, 3.8) is 0 Å². The SMILES string of the molecule is C=CCN(C)Cc1ccc(CNCC(C)C)cn1. The van der Waals surface area contributed by atoms with Crippen LogP contribution < -0.4 is 5.32 Å². The summed E-state index contributed by atoms with van der Waals surface area (Å²) in [4.78, 5) is 6.67. The summed E-state index contributed by atoms with van der Waals surface area (Å²) in [5.74, 6) is 0.685. The van der Waals surface area contributed by atoms with Gasteiger partial charge in [0.2, 0.25) is 0 Å². The third-order valence-corrected chi connectivity index (χ3v) is 2.64. The topological polar surface area (TPSA) is 28.2 Å². The molecule has 0 aromatic carbocycles. The van der Waals surface area contributed by atoms with Gasteiger partial charge in [-0.15, -0.1) is 6.58 Å². The monoisotopic (exact) mass is 247 g/mol. The van der Waals surface area contributed by atoms with Crippen molar-refractivity contribution in [1.29, 1.82) is 0 Å². The van der Waals surface area contributed by atoms with E-state index < -0.39 is 0 Å². The van der Waals surface area contributed by atoms with Crippen LogP contribution in [0.5, 0.6) is 0 Å². The largest absolute Gasteiger partial charge is 0.312 e. The first-order valence-corrected chi connectivity index (χ1v) is 6.55. The average Bonchev–Trinajstić information content (AvgIpc) is 2.31. The minimum atomic E-state index is 0.685. The van der Waals surface area contributed by atoms with Crippen LogP contribution in [0.4, 0.5) is 0 Å². The maximum atomic E-state index is 4.48. The van der Waals surface area contributed by atoms with Crippen LogP contribution in [0.1, 0.15) is 25.1 Å². The van der Waals surface area contributed by atoms with Crippen molar-refractivity contribution >= 4 is 0 Å². The van der Waals surface area contributed by atoms with Gasteiger partial charge in [0, 0.05) is 25.8 Å². The zero-order chi connectivity index (χ0) is 13.4. The van der Waals surface area contributed by atoms with Crippen LogP contribution in [-0.2, 0) is 13.1 Å². The van der Waals surface area contributed by atoms with E-state index in [0.29, 0.717) is 5.92 Å². The molecule has 0 aliphatic rings. The summed E-state index contributed by atoms with van der Waals surface area (Å²) < 4.78 is 0. The lowest BCUT2D eigenvalue weighted by Gasteiger charge is -2.13. The minimum Gasteiger partial charge on any atom is -0.312 e. The molecule has 0 amide bonds. The quantitative estimate of drug-likeness (QED) is 0.715. The molecule has 0 fully saturated rings. The molecule has 3 nitrogen and oxygen atoms in total. The van der Waals surface area contributed by atoms with E-state index >= 15 is 0 Å². The molecule has 18 heavy (non-hydrogen) atoms. The molecule has 0 unspecified atom stereocenters. The Morgan fingerprint density at radius 2 is 2.22 bits per heavy atom. The highest BCUT2D eigenvalue weighted by Crippen LogP contribution is 2.03. The molecule has 1 heterocycles. The molecular formula is C15H25N3. The van der Waals surface area contributed by atoms with Crippen LogP contribution in [0.3, 0.4) is 0 Å². The van der Waals surface area contributed by atoms with Crippen molar-refractivity contribution in [2.75, 3.05) is 20.1 Å². The van der Waals surface area contributed by atoms with Gasteiger partial charge in [-0.25, -0.2) is 0 Å². The first kappa shape index (κ1) is 14.9. The van der Waals surface area contributed by atoms with Crippen molar-refractivity contribution in [1.82, 2.24) is 15.2 Å². The van der Waals surface area contributed by atoms with Crippen molar-refractivity contribution < 1.29 is 0 Å². The fourth-order valence-electron chi connectivity index (χ4n) is 1.72. The molecule has 1 aromatic heterocycles. The third-order valence-electron chi connectivity index (χ3n) is 2.64. The molecule has 0 saturated heterocycles. The highest BCUT2D eigenvalue weighted by atomic mass is 15.1. The Kier molecular flexibility index (Phi) is 6.61. The summed E-state index contributed by atoms with van der Waals surface area (Å²) in [6.07, 6.45) is 3.87. The van der Waals surface area contributed by atoms with Crippen LogP contribution in [-0.4, -0.2) is 30.0 Å². The summed E-state index contributed by atoms with van der Waals surface area (Å²) in [6, 6.07) is 4.25. The summed E-state index contributed by atoms with van der Waals surface area (Å²) >= 11 is 0. The fourth-order valence-corrected chi connectivity index (χ4v) is 1.72. The Morgan fingerprint density at radius 1 is 1.44 bits per heavy atom. The van der Waals surface area contributed by atoms with Crippen LogP contribution in [0.25, 0.3) is 0 Å². The highest BCUT2D eigenvalue weighted by Gasteiger charge is 2.00. The van der Waals surface area contributed by atoms with Gasteiger partial charge < -0.3 is 5.32 Å². The van der Waals surface area contributed by atoms with Gasteiger partial charge >= 0.3 is 0 Å². The van der Waals surface area contributed by atoms with Crippen molar-refractivity contribution in [3.8, 4) is 0 Å². The van der Waals surface area contributed by atoms with Crippen molar-refractivity contribution in [2.24, 2.45) is 5.92 Å². The second-order valence-electron chi connectivity index (χ2n) is 5.17. The molecule has 100 valence electrons. The highest BCUT2D eigenvalue weighted by molar-refractivity contribution is 5.14. The first-order chi connectivity index (χ1) is 8.61. The number of nitrogens with one attached hydrogen (secondary N) is 1. The second-order valence-corrected chi connectivity index (χ2v) is 5.17. The van der Waals surface area contributed by atoms with Crippen molar-refractivity contribution in [3.05, 3.63) is 42.2 Å². The maximum absolute atomic E-state index is 4.48. The average molecular weight is 247 g/mol. The molecule has 1 N–H and O–H groups in total. The van der Waals surface area contributed by atoms with Crippen LogP contribution in [0.2, 0.25) is 0 Å². The predicted octanol–water partition coefficient (Wildman–Crippen LogP) is 2.45. The van der Waals surface area contributed by atoms with E-state index in [-0.39, 0.29) is 0 Å². The smallest absolute Gasteiger partial charge is 0.0544 e. The Bertz CT molecular complexity index is 343. The van der Waals surface area contributed by atoms with Gasteiger partial charge in [-0.05, 0) is 31.1 Å². The van der Waals surface area contributed by atoms with Gasteiger partial charge in [0.1, 0.15) is 0 Å². The van der Waals surface area contributed by atoms with Crippen molar-refractivity contribution in [2.45, 2.75) is 26.9 Å². The van der Waals surface area contributed by atoms with Gasteiger partial charge in [0.05, 0.1) is 5.69 Å². The molecule has 1 aromatic rings. The number of pyridine rings is 1. The lowest BCUT2D eigenvalue weighted by molar-refractivity contribution is 0.359. The van der Waals surface area contributed by atoms with E-state index in [1.165, 1.54) is 5.56 Å². The lowest BCUT2D eigenvalue weighted by atomic mass is 10.2. The van der Waals surface area contributed by atoms with Gasteiger partial charge in [0.15, 0.2) is 0 Å². The van der Waals surface area contributed by atoms with Gasteiger partial charge in [0.25, 0.3) is 0 Å². The fraction of sp³-hybridized carbons (Fsp3) is 0.533. The molecule has 0 radical (unpaired) electrons. The zero-order valence-corrected chi connectivity index (χ0v) is 11.8. The van der Waals surface area contributed by atoms with Crippen LogP contribution >= 0.6 is 0 Å². The lowest BCUT2D eigenvalue weighted by Crippen LogP contribution is -2.20. The molecule has 0 aliphatic carbocycles. The van der Waals surface area contributed by atoms with Gasteiger partial charge in [-0.2, -0.15) is 0 Å². The zero-order valence-electron chi connectivity index (χ0n) is 11.8. The third kappa shape index (κ3) is 5.94. The predicted molar refractivity (Wildman–Crippen MR) is 77.3 cm³/mol. The first-order valence-electron chi connectivity index (χ1n) is 6.55. The number of aromatic nitrogens is 1. The number of hydrogen-bond donors (Lipinski definition) is 1. The Hall–Kier alpha value is -1.19. The Morgan fingerprint density at radius 3 is 2.78 bits per heavy atom. The van der Waals surface area contributed by atoms with E-state index in [2.05, 4.69) is 54.8 Å². The van der Waals surface area contributed by atoms with E-state index in [1.807, 2.05) is 12.3 Å². The van der Waals surface area contributed by atoms with Gasteiger partial charge in [-0.3, -0.25) is 9.88 Å². The van der Waals surface area contributed by atoms with E-state index in [0.717, 1.165) is 31.9 Å². The molecule has 0 atom stereocenters. The molecule has 3 heteroatoms. The summed E-state index contributed by atoms with van der Waals surface area (Å²) in [7, 11) is 2.07. The molecule has 0 saturated carbocycles. The van der Waals surface area contributed by atoms with Crippen LogP contribution in [0, 0.1) is 5.92 Å². The van der Waals surface area contributed by atoms with Crippen LogP contribution in [0.15, 0.2) is 31.0 Å². The maximum Gasteiger partial charge on any atom is 0.0544 e. The summed E-state index contributed by atoms with van der Waals surface area (Å²) in [5.41, 5.74) is 2.35. The van der Waals surface area contributed by atoms with Gasteiger partial charge in [-0.1, -0.05) is 26.0 Å². The second kappa shape index (κ2) is 8.01. The molecule has 0 aliphatic heterocycles. The standard InChI is InChI=1S/C15H25N3/c1-5-8-18(4)12-15-7-6-14(11-17-15)10-16-9-13(2)3/h5-7,11,13,16H,1,8-10,12H2,2-4H3. The Labute approximate surface area is 111 Å².